The predicted molar refractivity (Wildman–Crippen MR) is 96.8 cm³/mol. The fourth-order valence-electron chi connectivity index (χ4n) is 2.88. The summed E-state index contributed by atoms with van der Waals surface area (Å²) in [7, 11) is 0. The van der Waals surface area contributed by atoms with Gasteiger partial charge in [-0.2, -0.15) is 13.2 Å². The fourth-order valence-corrected chi connectivity index (χ4v) is 3.25. The Bertz CT molecular complexity index is 659. The summed E-state index contributed by atoms with van der Waals surface area (Å²) in [6, 6.07) is 3.59. The summed E-state index contributed by atoms with van der Waals surface area (Å²) in [5, 5.41) is 0. The molecule has 2 rings (SSSR count). The molecular weight excluding hydrogens is 413 g/mol. The van der Waals surface area contributed by atoms with Crippen LogP contribution in [0.2, 0.25) is 0 Å². The van der Waals surface area contributed by atoms with Crippen molar-refractivity contribution in [3.63, 3.8) is 0 Å². The molecule has 0 aromatic heterocycles. The number of carbonyl (C=O) groups excluding carboxylic acids is 1. The Morgan fingerprint density at radius 2 is 1.92 bits per heavy atom. The molecule has 0 bridgehead atoms. The Morgan fingerprint density at radius 3 is 2.46 bits per heavy atom. The summed E-state index contributed by atoms with van der Waals surface area (Å²) in [6.07, 6.45) is -4.72. The highest BCUT2D eigenvalue weighted by molar-refractivity contribution is 9.10. The molecule has 0 aliphatic carbocycles. The normalized spacial score (nSPS) is 19.5. The number of ether oxygens (including phenoxy) is 1. The number of amides is 1. The van der Waals surface area contributed by atoms with Crippen LogP contribution in [0.4, 0.5) is 18.0 Å². The van der Waals surface area contributed by atoms with Crippen molar-refractivity contribution in [2.45, 2.75) is 52.1 Å². The first-order valence-electron chi connectivity index (χ1n) is 8.44. The molecule has 1 aliphatic rings. The van der Waals surface area contributed by atoms with Crippen LogP contribution in [0, 0.1) is 0 Å². The van der Waals surface area contributed by atoms with Crippen molar-refractivity contribution in [1.29, 1.82) is 0 Å². The molecule has 4 nitrogen and oxygen atoms in total. The molecule has 1 saturated heterocycles. The van der Waals surface area contributed by atoms with E-state index in [0.717, 1.165) is 6.07 Å². The molecule has 0 radical (unpaired) electrons. The molecule has 0 N–H and O–H groups in total. The highest BCUT2D eigenvalue weighted by Crippen LogP contribution is 2.32. The van der Waals surface area contributed by atoms with Crippen LogP contribution in [0.25, 0.3) is 0 Å². The Labute approximate surface area is 160 Å². The van der Waals surface area contributed by atoms with Crippen LogP contribution < -0.4 is 0 Å². The van der Waals surface area contributed by atoms with Crippen LogP contribution in [0.3, 0.4) is 0 Å². The molecule has 1 fully saturated rings. The van der Waals surface area contributed by atoms with Crippen molar-refractivity contribution >= 4 is 22.0 Å². The predicted octanol–water partition coefficient (Wildman–Crippen LogP) is 4.91. The second kappa shape index (κ2) is 7.76. The van der Waals surface area contributed by atoms with E-state index >= 15 is 0 Å². The highest BCUT2D eigenvalue weighted by atomic mass is 79.9. The Morgan fingerprint density at radius 1 is 1.27 bits per heavy atom. The van der Waals surface area contributed by atoms with Gasteiger partial charge in [0, 0.05) is 36.7 Å². The lowest BCUT2D eigenvalue weighted by atomic mass is 10.1. The standard InChI is InChI=1S/C18H24BrF3N2O2/c1-12-10-23(7-8-24(12)16(25)26-17(2,3)4)11-13-9-14(18(20,21)22)5-6-15(13)19/h5-6,9,12H,7-8,10-11H2,1-4H3. The van der Waals surface area contributed by atoms with E-state index in [9.17, 15) is 18.0 Å². The number of carbonyl (C=O) groups is 1. The van der Waals surface area contributed by atoms with E-state index in [4.69, 9.17) is 4.74 Å². The van der Waals surface area contributed by atoms with Crippen LogP contribution in [0.5, 0.6) is 0 Å². The number of halogens is 4. The van der Waals surface area contributed by atoms with Gasteiger partial charge in [0.2, 0.25) is 0 Å². The monoisotopic (exact) mass is 436 g/mol. The molecule has 1 aliphatic heterocycles. The zero-order valence-electron chi connectivity index (χ0n) is 15.4. The lowest BCUT2D eigenvalue weighted by Gasteiger charge is -2.40. The first-order valence-corrected chi connectivity index (χ1v) is 9.24. The van der Waals surface area contributed by atoms with E-state index < -0.39 is 17.3 Å². The van der Waals surface area contributed by atoms with Crippen molar-refractivity contribution in [3.05, 3.63) is 33.8 Å². The minimum Gasteiger partial charge on any atom is -0.444 e. The second-order valence-corrected chi connectivity index (χ2v) is 8.42. The topological polar surface area (TPSA) is 32.8 Å². The number of alkyl halides is 3. The number of benzene rings is 1. The zero-order chi connectivity index (χ0) is 19.7. The maximum absolute atomic E-state index is 12.9. The van der Waals surface area contributed by atoms with E-state index in [1.54, 1.807) is 4.90 Å². The molecule has 1 heterocycles. The molecular formula is C18H24BrF3N2O2. The van der Waals surface area contributed by atoms with Gasteiger partial charge in [-0.1, -0.05) is 15.9 Å². The lowest BCUT2D eigenvalue weighted by molar-refractivity contribution is -0.137. The average molecular weight is 437 g/mol. The van der Waals surface area contributed by atoms with Gasteiger partial charge in [-0.15, -0.1) is 0 Å². The van der Waals surface area contributed by atoms with Crippen LogP contribution in [0.15, 0.2) is 22.7 Å². The van der Waals surface area contributed by atoms with E-state index in [-0.39, 0.29) is 12.1 Å². The summed E-state index contributed by atoms with van der Waals surface area (Å²) in [4.78, 5) is 16.0. The molecule has 0 spiro atoms. The zero-order valence-corrected chi connectivity index (χ0v) is 16.9. The van der Waals surface area contributed by atoms with Gasteiger partial charge in [0.15, 0.2) is 0 Å². The number of rotatable bonds is 2. The summed E-state index contributed by atoms with van der Waals surface area (Å²) < 4.78 is 44.8. The lowest BCUT2D eigenvalue weighted by Crippen LogP contribution is -2.54. The van der Waals surface area contributed by atoms with E-state index in [1.165, 1.54) is 12.1 Å². The van der Waals surface area contributed by atoms with Gasteiger partial charge in [-0.05, 0) is 51.5 Å². The Kier molecular flexibility index (Phi) is 6.28. The molecule has 1 unspecified atom stereocenters. The van der Waals surface area contributed by atoms with Crippen LogP contribution in [0.1, 0.15) is 38.8 Å². The maximum Gasteiger partial charge on any atom is 0.416 e. The van der Waals surface area contributed by atoms with Gasteiger partial charge in [0.25, 0.3) is 0 Å². The molecule has 1 amide bonds. The van der Waals surface area contributed by atoms with Gasteiger partial charge in [0.1, 0.15) is 5.60 Å². The number of piperazine rings is 1. The van der Waals surface area contributed by atoms with Gasteiger partial charge >= 0.3 is 12.3 Å². The minimum absolute atomic E-state index is 0.0804. The molecule has 1 aromatic rings. The largest absolute Gasteiger partial charge is 0.444 e. The molecule has 1 atom stereocenters. The van der Waals surface area contributed by atoms with Crippen molar-refractivity contribution in [1.82, 2.24) is 9.80 Å². The third kappa shape index (κ3) is 5.61. The molecule has 8 heteroatoms. The summed E-state index contributed by atoms with van der Waals surface area (Å²) in [5.41, 5.74) is -0.634. The van der Waals surface area contributed by atoms with Gasteiger partial charge in [-0.25, -0.2) is 4.79 Å². The SMILES string of the molecule is CC1CN(Cc2cc(C(F)(F)F)ccc2Br)CCN1C(=O)OC(C)(C)C. The quantitative estimate of drug-likeness (QED) is 0.660. The number of hydrogen-bond donors (Lipinski definition) is 0. The average Bonchev–Trinajstić information content (AvgIpc) is 2.46. The molecule has 26 heavy (non-hydrogen) atoms. The van der Waals surface area contributed by atoms with E-state index in [1.807, 2.05) is 32.6 Å². The third-order valence-electron chi connectivity index (χ3n) is 4.11. The summed E-state index contributed by atoms with van der Waals surface area (Å²) >= 11 is 3.33. The smallest absolute Gasteiger partial charge is 0.416 e. The van der Waals surface area contributed by atoms with Crippen molar-refractivity contribution in [2.75, 3.05) is 19.6 Å². The van der Waals surface area contributed by atoms with E-state index in [0.29, 0.717) is 36.2 Å². The molecule has 146 valence electrons. The van der Waals surface area contributed by atoms with E-state index in [2.05, 4.69) is 15.9 Å². The number of hydrogen-bond acceptors (Lipinski definition) is 3. The van der Waals surface area contributed by atoms with Gasteiger partial charge in [-0.3, -0.25) is 4.90 Å². The minimum atomic E-state index is -4.36. The molecule has 1 aromatic carbocycles. The van der Waals surface area contributed by atoms with Crippen LogP contribution in [-0.4, -0.2) is 47.2 Å². The first-order chi connectivity index (χ1) is 11.9. The van der Waals surface area contributed by atoms with Crippen molar-refractivity contribution in [2.24, 2.45) is 0 Å². The first kappa shape index (κ1) is 21.0. The van der Waals surface area contributed by atoms with Crippen LogP contribution >= 0.6 is 15.9 Å². The molecule has 0 saturated carbocycles. The van der Waals surface area contributed by atoms with Gasteiger partial charge in [0.05, 0.1) is 5.56 Å². The number of nitrogens with zero attached hydrogens (tertiary/aromatic N) is 2. The maximum atomic E-state index is 12.9. The van der Waals surface area contributed by atoms with Crippen molar-refractivity contribution in [3.8, 4) is 0 Å². The highest BCUT2D eigenvalue weighted by Gasteiger charge is 2.33. The van der Waals surface area contributed by atoms with Gasteiger partial charge < -0.3 is 9.64 Å². The summed E-state index contributed by atoms with van der Waals surface area (Å²) in [6.45, 7) is 9.38. The Balaban J connectivity index is 2.03. The second-order valence-electron chi connectivity index (χ2n) is 7.56. The fraction of sp³-hybridized carbons (Fsp3) is 0.611. The Hall–Kier alpha value is -1.28. The van der Waals surface area contributed by atoms with Crippen molar-refractivity contribution < 1.29 is 22.7 Å². The third-order valence-corrected chi connectivity index (χ3v) is 4.88. The van der Waals surface area contributed by atoms with Crippen LogP contribution in [-0.2, 0) is 17.5 Å². The summed E-state index contributed by atoms with van der Waals surface area (Å²) in [5.74, 6) is 0.